The highest BCUT2D eigenvalue weighted by Crippen LogP contribution is 2.33. The van der Waals surface area contributed by atoms with Gasteiger partial charge in [0.15, 0.2) is 11.5 Å². The Balaban J connectivity index is 2.54. The van der Waals surface area contributed by atoms with Gasteiger partial charge >= 0.3 is 0 Å². The van der Waals surface area contributed by atoms with Crippen LogP contribution in [0.3, 0.4) is 0 Å². The van der Waals surface area contributed by atoms with E-state index in [2.05, 4.69) is 36.8 Å². The summed E-state index contributed by atoms with van der Waals surface area (Å²) in [5.41, 5.74) is 1.44. The third kappa shape index (κ3) is 2.20. The van der Waals surface area contributed by atoms with Gasteiger partial charge in [-0.2, -0.15) is 0 Å². The van der Waals surface area contributed by atoms with Crippen LogP contribution < -0.4 is 0 Å². The molecule has 0 saturated carbocycles. The molecule has 0 unspecified atom stereocenters. The molecule has 0 bridgehead atoms. The molecule has 1 heterocycles. The number of rotatable bonds is 1. The minimum Gasteiger partial charge on any atom is -0.504 e. The maximum atomic E-state index is 9.40. The first-order chi connectivity index (χ1) is 7.58. The normalized spacial score (nSPS) is 10.4. The van der Waals surface area contributed by atoms with Crippen molar-refractivity contribution in [1.29, 1.82) is 0 Å². The number of halogens is 2. The fourth-order valence-corrected chi connectivity index (χ4v) is 2.51. The quantitative estimate of drug-likeness (QED) is 0.776. The smallest absolute Gasteiger partial charge is 0.158 e. The molecule has 0 aliphatic carbocycles. The zero-order chi connectivity index (χ0) is 11.7. The molecular formula is C11H7Br2NO2. The number of benzene rings is 1. The number of phenolic OH excluding ortho intramolecular Hbond substituents is 2. The summed E-state index contributed by atoms with van der Waals surface area (Å²) in [7, 11) is 0. The van der Waals surface area contributed by atoms with Crippen molar-refractivity contribution < 1.29 is 10.2 Å². The van der Waals surface area contributed by atoms with E-state index in [0.29, 0.717) is 5.69 Å². The highest BCUT2D eigenvalue weighted by atomic mass is 79.9. The molecule has 16 heavy (non-hydrogen) atoms. The fourth-order valence-electron chi connectivity index (χ4n) is 1.30. The van der Waals surface area contributed by atoms with E-state index in [0.717, 1.165) is 14.5 Å². The minimum atomic E-state index is -0.158. The van der Waals surface area contributed by atoms with Crippen LogP contribution >= 0.6 is 31.9 Å². The standard InChI is InChI=1S/C11H7Br2NO2/c12-7-4-8(13)11(14-5-7)6-1-2-9(15)10(16)3-6/h1-5,15-16H. The molecule has 82 valence electrons. The van der Waals surface area contributed by atoms with E-state index in [4.69, 9.17) is 0 Å². The number of pyridine rings is 1. The first-order valence-electron chi connectivity index (χ1n) is 4.41. The minimum absolute atomic E-state index is 0.142. The average molecular weight is 345 g/mol. The first kappa shape index (κ1) is 11.4. The fraction of sp³-hybridized carbons (Fsp3) is 0. The molecule has 0 radical (unpaired) electrons. The van der Waals surface area contributed by atoms with Crippen LogP contribution in [0.5, 0.6) is 11.5 Å². The zero-order valence-corrected chi connectivity index (χ0v) is 11.2. The van der Waals surface area contributed by atoms with Gasteiger partial charge in [0, 0.05) is 20.7 Å². The van der Waals surface area contributed by atoms with Crippen LogP contribution in [0, 0.1) is 0 Å². The van der Waals surface area contributed by atoms with Gasteiger partial charge in [0.25, 0.3) is 0 Å². The van der Waals surface area contributed by atoms with E-state index < -0.39 is 0 Å². The van der Waals surface area contributed by atoms with Crippen LogP contribution in [0.1, 0.15) is 0 Å². The van der Waals surface area contributed by atoms with Gasteiger partial charge in [0.1, 0.15) is 0 Å². The second-order valence-corrected chi connectivity index (χ2v) is 4.96. The summed E-state index contributed by atoms with van der Waals surface area (Å²) in [6.45, 7) is 0. The van der Waals surface area contributed by atoms with Crippen LogP contribution in [-0.2, 0) is 0 Å². The van der Waals surface area contributed by atoms with Crippen LogP contribution in [-0.4, -0.2) is 15.2 Å². The second kappa shape index (κ2) is 4.43. The van der Waals surface area contributed by atoms with Gasteiger partial charge < -0.3 is 10.2 Å². The van der Waals surface area contributed by atoms with E-state index in [1.807, 2.05) is 6.07 Å². The summed E-state index contributed by atoms with van der Waals surface area (Å²) in [5.74, 6) is -0.300. The molecule has 2 aromatic rings. The lowest BCUT2D eigenvalue weighted by molar-refractivity contribution is 0.404. The summed E-state index contributed by atoms with van der Waals surface area (Å²) < 4.78 is 1.68. The molecule has 3 nitrogen and oxygen atoms in total. The van der Waals surface area contributed by atoms with Crippen molar-refractivity contribution >= 4 is 31.9 Å². The third-order valence-electron chi connectivity index (χ3n) is 2.06. The van der Waals surface area contributed by atoms with E-state index in [1.165, 1.54) is 12.1 Å². The second-order valence-electron chi connectivity index (χ2n) is 3.19. The lowest BCUT2D eigenvalue weighted by Crippen LogP contribution is -1.85. The van der Waals surface area contributed by atoms with Crippen molar-refractivity contribution in [2.75, 3.05) is 0 Å². The van der Waals surface area contributed by atoms with Gasteiger partial charge in [-0.15, -0.1) is 0 Å². The number of phenols is 2. The number of nitrogens with zero attached hydrogens (tertiary/aromatic N) is 1. The summed E-state index contributed by atoms with van der Waals surface area (Å²) in [6, 6.07) is 6.46. The molecule has 0 fully saturated rings. The molecule has 5 heteroatoms. The van der Waals surface area contributed by atoms with E-state index in [-0.39, 0.29) is 11.5 Å². The Hall–Kier alpha value is -1.07. The number of aromatic hydroxyl groups is 2. The molecule has 0 spiro atoms. The van der Waals surface area contributed by atoms with E-state index in [1.54, 1.807) is 12.3 Å². The van der Waals surface area contributed by atoms with Crippen molar-refractivity contribution in [3.63, 3.8) is 0 Å². The van der Waals surface area contributed by atoms with E-state index >= 15 is 0 Å². The van der Waals surface area contributed by atoms with Crippen molar-refractivity contribution in [3.05, 3.63) is 39.4 Å². The van der Waals surface area contributed by atoms with Crippen LogP contribution in [0.2, 0.25) is 0 Å². The van der Waals surface area contributed by atoms with Gasteiger partial charge in [0.05, 0.1) is 5.69 Å². The Morgan fingerprint density at radius 2 is 1.75 bits per heavy atom. The predicted molar refractivity (Wildman–Crippen MR) is 68.4 cm³/mol. The molecule has 0 atom stereocenters. The molecule has 1 aromatic heterocycles. The molecular weight excluding hydrogens is 338 g/mol. The maximum Gasteiger partial charge on any atom is 0.158 e. The van der Waals surface area contributed by atoms with Gasteiger partial charge in [-0.1, -0.05) is 0 Å². The molecule has 0 aliphatic heterocycles. The molecule has 0 amide bonds. The Labute approximate surface area is 109 Å². The van der Waals surface area contributed by atoms with Crippen LogP contribution in [0.15, 0.2) is 39.4 Å². The SMILES string of the molecule is Oc1ccc(-c2ncc(Br)cc2Br)cc1O. The number of aromatic nitrogens is 1. The van der Waals surface area contributed by atoms with Crippen molar-refractivity contribution in [1.82, 2.24) is 4.98 Å². The Morgan fingerprint density at radius 3 is 2.38 bits per heavy atom. The van der Waals surface area contributed by atoms with E-state index in [9.17, 15) is 10.2 Å². The molecule has 1 aromatic carbocycles. The Bertz CT molecular complexity index is 544. The molecule has 0 aliphatic rings. The van der Waals surface area contributed by atoms with Crippen LogP contribution in [0.25, 0.3) is 11.3 Å². The molecule has 2 N–H and O–H groups in total. The topological polar surface area (TPSA) is 53.4 Å². The molecule has 0 saturated heterocycles. The Morgan fingerprint density at radius 1 is 1.00 bits per heavy atom. The Kier molecular flexibility index (Phi) is 3.16. The highest BCUT2D eigenvalue weighted by molar-refractivity contribution is 9.11. The largest absolute Gasteiger partial charge is 0.504 e. The number of hydrogen-bond acceptors (Lipinski definition) is 3. The maximum absolute atomic E-state index is 9.40. The van der Waals surface area contributed by atoms with Crippen molar-refractivity contribution in [3.8, 4) is 22.8 Å². The lowest BCUT2D eigenvalue weighted by Gasteiger charge is -2.05. The van der Waals surface area contributed by atoms with Gasteiger partial charge in [0.2, 0.25) is 0 Å². The van der Waals surface area contributed by atoms with Gasteiger partial charge in [-0.25, -0.2) is 0 Å². The highest BCUT2D eigenvalue weighted by Gasteiger charge is 2.08. The predicted octanol–water partition coefficient (Wildman–Crippen LogP) is 3.68. The van der Waals surface area contributed by atoms with Crippen molar-refractivity contribution in [2.45, 2.75) is 0 Å². The monoisotopic (exact) mass is 343 g/mol. The zero-order valence-electron chi connectivity index (χ0n) is 7.98. The average Bonchev–Trinajstić information content (AvgIpc) is 2.22. The summed E-state index contributed by atoms with van der Waals surface area (Å²) >= 11 is 6.70. The van der Waals surface area contributed by atoms with Gasteiger partial charge in [-0.3, -0.25) is 4.98 Å². The summed E-state index contributed by atoms with van der Waals surface area (Å²) in [5, 5.41) is 18.6. The third-order valence-corrected chi connectivity index (χ3v) is 3.09. The van der Waals surface area contributed by atoms with Gasteiger partial charge in [-0.05, 0) is 56.1 Å². The summed E-state index contributed by atoms with van der Waals surface area (Å²) in [4.78, 5) is 4.23. The summed E-state index contributed by atoms with van der Waals surface area (Å²) in [6.07, 6.45) is 1.67. The van der Waals surface area contributed by atoms with Crippen LogP contribution in [0.4, 0.5) is 0 Å². The number of hydrogen-bond donors (Lipinski definition) is 2. The first-order valence-corrected chi connectivity index (χ1v) is 6.00. The van der Waals surface area contributed by atoms with Crippen molar-refractivity contribution in [2.24, 2.45) is 0 Å². The lowest BCUT2D eigenvalue weighted by atomic mass is 10.1. The molecule has 2 rings (SSSR count).